The number of carbonyl (C=O) groups is 1. The van der Waals surface area contributed by atoms with Crippen molar-refractivity contribution in [1.29, 1.82) is 5.26 Å². The van der Waals surface area contributed by atoms with Crippen molar-refractivity contribution in [2.45, 2.75) is 13.1 Å². The third-order valence-corrected chi connectivity index (χ3v) is 3.28. The van der Waals surface area contributed by atoms with Crippen LogP contribution in [0.1, 0.15) is 27.2 Å². The SMILES string of the molecule is N#Cc1cnc2c(c1)C(=O)N(Cc1ccccc1F)C2. The van der Waals surface area contributed by atoms with E-state index in [-0.39, 0.29) is 18.3 Å². The van der Waals surface area contributed by atoms with Crippen LogP contribution in [-0.4, -0.2) is 15.8 Å². The third-order valence-electron chi connectivity index (χ3n) is 3.28. The molecule has 0 fully saturated rings. The van der Waals surface area contributed by atoms with Gasteiger partial charge in [0.2, 0.25) is 0 Å². The monoisotopic (exact) mass is 267 g/mol. The lowest BCUT2D eigenvalue weighted by Gasteiger charge is -2.15. The molecule has 0 saturated heterocycles. The summed E-state index contributed by atoms with van der Waals surface area (Å²) in [6.45, 7) is 0.540. The van der Waals surface area contributed by atoms with Gasteiger partial charge in [0.05, 0.1) is 23.4 Å². The number of amides is 1. The first-order chi connectivity index (χ1) is 9.69. The Bertz CT molecular complexity index is 736. The van der Waals surface area contributed by atoms with Crippen molar-refractivity contribution in [1.82, 2.24) is 9.88 Å². The zero-order valence-electron chi connectivity index (χ0n) is 10.5. The van der Waals surface area contributed by atoms with E-state index in [0.717, 1.165) is 0 Å². The average Bonchev–Trinajstić information content (AvgIpc) is 2.77. The van der Waals surface area contributed by atoms with Crippen molar-refractivity contribution in [3.8, 4) is 6.07 Å². The summed E-state index contributed by atoms with van der Waals surface area (Å²) >= 11 is 0. The lowest BCUT2D eigenvalue weighted by atomic mass is 10.2. The minimum atomic E-state index is -0.332. The molecule has 1 amide bonds. The number of halogens is 1. The van der Waals surface area contributed by atoms with Gasteiger partial charge in [0, 0.05) is 18.3 Å². The molecule has 0 unspecified atom stereocenters. The molecule has 2 heterocycles. The van der Waals surface area contributed by atoms with Crippen molar-refractivity contribution in [3.63, 3.8) is 0 Å². The zero-order chi connectivity index (χ0) is 14.1. The zero-order valence-corrected chi connectivity index (χ0v) is 10.5. The molecule has 98 valence electrons. The number of hydrogen-bond acceptors (Lipinski definition) is 3. The minimum Gasteiger partial charge on any atom is -0.328 e. The van der Waals surface area contributed by atoms with Crippen LogP contribution in [-0.2, 0) is 13.1 Å². The Balaban J connectivity index is 1.88. The van der Waals surface area contributed by atoms with Crippen LogP contribution in [0.5, 0.6) is 0 Å². The fourth-order valence-electron chi connectivity index (χ4n) is 2.25. The lowest BCUT2D eigenvalue weighted by molar-refractivity contribution is 0.0765. The van der Waals surface area contributed by atoms with E-state index in [1.165, 1.54) is 23.2 Å². The number of nitrogens with zero attached hydrogens (tertiary/aromatic N) is 3. The first kappa shape index (κ1) is 12.3. The van der Waals surface area contributed by atoms with Crippen LogP contribution in [0.25, 0.3) is 0 Å². The van der Waals surface area contributed by atoms with Gasteiger partial charge in [-0.3, -0.25) is 9.78 Å². The molecule has 0 spiro atoms. The second kappa shape index (κ2) is 4.74. The molecule has 0 aliphatic carbocycles. The maximum absolute atomic E-state index is 13.6. The number of carbonyl (C=O) groups excluding carboxylic acids is 1. The quantitative estimate of drug-likeness (QED) is 0.838. The van der Waals surface area contributed by atoms with Crippen molar-refractivity contribution in [3.05, 3.63) is 64.7 Å². The molecule has 0 saturated carbocycles. The number of benzene rings is 1. The maximum Gasteiger partial charge on any atom is 0.256 e. The van der Waals surface area contributed by atoms with Crippen LogP contribution < -0.4 is 0 Å². The van der Waals surface area contributed by atoms with Gasteiger partial charge in [0.1, 0.15) is 11.9 Å². The molecule has 1 aromatic heterocycles. The molecule has 4 nitrogen and oxygen atoms in total. The van der Waals surface area contributed by atoms with Gasteiger partial charge in [0.25, 0.3) is 5.91 Å². The number of hydrogen-bond donors (Lipinski definition) is 0. The highest BCUT2D eigenvalue weighted by Gasteiger charge is 2.29. The summed E-state index contributed by atoms with van der Waals surface area (Å²) in [4.78, 5) is 17.9. The first-order valence-electron chi connectivity index (χ1n) is 6.11. The summed E-state index contributed by atoms with van der Waals surface area (Å²) in [6, 6.07) is 9.86. The summed E-state index contributed by atoms with van der Waals surface area (Å²) in [7, 11) is 0. The highest BCUT2D eigenvalue weighted by molar-refractivity contribution is 5.98. The van der Waals surface area contributed by atoms with Crippen molar-refractivity contribution >= 4 is 5.91 Å². The Hall–Kier alpha value is -2.74. The van der Waals surface area contributed by atoms with Crippen LogP contribution in [0.15, 0.2) is 36.5 Å². The first-order valence-corrected chi connectivity index (χ1v) is 6.11. The molecule has 0 bridgehead atoms. The van der Waals surface area contributed by atoms with E-state index >= 15 is 0 Å². The average molecular weight is 267 g/mol. The van der Waals surface area contributed by atoms with Gasteiger partial charge >= 0.3 is 0 Å². The smallest absolute Gasteiger partial charge is 0.256 e. The summed E-state index contributed by atoms with van der Waals surface area (Å²) in [5.41, 5.74) is 1.88. The molecule has 0 N–H and O–H groups in total. The standard InChI is InChI=1S/C15H10FN3O/c16-13-4-2-1-3-11(13)8-19-9-14-12(15(19)20)5-10(6-17)7-18-14/h1-5,7H,8-9H2. The predicted molar refractivity (Wildman–Crippen MR) is 68.9 cm³/mol. The Morgan fingerprint density at radius 3 is 2.95 bits per heavy atom. The van der Waals surface area contributed by atoms with E-state index in [4.69, 9.17) is 5.26 Å². The Morgan fingerprint density at radius 1 is 1.40 bits per heavy atom. The van der Waals surface area contributed by atoms with Gasteiger partial charge in [-0.1, -0.05) is 18.2 Å². The van der Waals surface area contributed by atoms with Gasteiger partial charge in [-0.2, -0.15) is 5.26 Å². The van der Waals surface area contributed by atoms with E-state index in [1.54, 1.807) is 18.2 Å². The number of rotatable bonds is 2. The molecular formula is C15H10FN3O. The number of fused-ring (bicyclic) bond motifs is 1. The van der Waals surface area contributed by atoms with Gasteiger partial charge in [-0.15, -0.1) is 0 Å². The normalized spacial score (nSPS) is 13.2. The van der Waals surface area contributed by atoms with Crippen molar-refractivity contribution < 1.29 is 9.18 Å². The predicted octanol–water partition coefficient (Wildman–Crippen LogP) is 2.25. The van der Waals surface area contributed by atoms with Gasteiger partial charge < -0.3 is 4.90 Å². The van der Waals surface area contributed by atoms with E-state index in [0.29, 0.717) is 28.9 Å². The Morgan fingerprint density at radius 2 is 2.20 bits per heavy atom. The highest BCUT2D eigenvalue weighted by atomic mass is 19.1. The van der Waals surface area contributed by atoms with Crippen LogP contribution in [0.2, 0.25) is 0 Å². The largest absolute Gasteiger partial charge is 0.328 e. The topological polar surface area (TPSA) is 57.0 Å². The maximum atomic E-state index is 13.6. The Kier molecular flexibility index (Phi) is 2.92. The van der Waals surface area contributed by atoms with Crippen LogP contribution in [0, 0.1) is 17.1 Å². The van der Waals surface area contributed by atoms with E-state index < -0.39 is 0 Å². The molecule has 3 rings (SSSR count). The molecule has 5 heteroatoms. The highest BCUT2D eigenvalue weighted by Crippen LogP contribution is 2.24. The van der Waals surface area contributed by atoms with Crippen LogP contribution in [0.3, 0.4) is 0 Å². The molecular weight excluding hydrogens is 257 g/mol. The molecule has 1 aliphatic heterocycles. The molecule has 2 aromatic rings. The second-order valence-corrected chi connectivity index (χ2v) is 4.58. The number of aromatic nitrogens is 1. The minimum absolute atomic E-state index is 0.198. The number of nitriles is 1. The fourth-order valence-corrected chi connectivity index (χ4v) is 2.25. The molecule has 0 atom stereocenters. The summed E-state index contributed by atoms with van der Waals surface area (Å²) < 4.78 is 13.6. The fraction of sp³-hybridized carbons (Fsp3) is 0.133. The van der Waals surface area contributed by atoms with Gasteiger partial charge in [-0.05, 0) is 12.1 Å². The van der Waals surface area contributed by atoms with E-state index in [9.17, 15) is 9.18 Å². The lowest BCUT2D eigenvalue weighted by Crippen LogP contribution is -2.23. The third kappa shape index (κ3) is 2.01. The van der Waals surface area contributed by atoms with Gasteiger partial charge in [0.15, 0.2) is 0 Å². The molecule has 1 aliphatic rings. The number of pyridine rings is 1. The van der Waals surface area contributed by atoms with Crippen molar-refractivity contribution in [2.75, 3.05) is 0 Å². The van der Waals surface area contributed by atoms with E-state index in [2.05, 4.69) is 4.98 Å². The molecule has 0 radical (unpaired) electrons. The van der Waals surface area contributed by atoms with Crippen LogP contribution >= 0.6 is 0 Å². The second-order valence-electron chi connectivity index (χ2n) is 4.58. The molecule has 20 heavy (non-hydrogen) atoms. The summed E-state index contributed by atoms with van der Waals surface area (Å²) in [6.07, 6.45) is 1.44. The summed E-state index contributed by atoms with van der Waals surface area (Å²) in [5, 5.41) is 8.83. The van der Waals surface area contributed by atoms with E-state index in [1.807, 2.05) is 6.07 Å². The Labute approximate surface area is 115 Å². The molecule has 1 aromatic carbocycles. The van der Waals surface area contributed by atoms with Crippen LogP contribution in [0.4, 0.5) is 4.39 Å². The summed E-state index contributed by atoms with van der Waals surface area (Å²) in [5.74, 6) is -0.546. The van der Waals surface area contributed by atoms with Gasteiger partial charge in [-0.25, -0.2) is 4.39 Å². The van der Waals surface area contributed by atoms with Crippen molar-refractivity contribution in [2.24, 2.45) is 0 Å².